The first-order valence-electron chi connectivity index (χ1n) is 10.5. The van der Waals surface area contributed by atoms with Gasteiger partial charge in [-0.25, -0.2) is 10.4 Å². The van der Waals surface area contributed by atoms with Gasteiger partial charge in [0, 0.05) is 12.3 Å². The Kier molecular flexibility index (Phi) is 7.44. The highest BCUT2D eigenvalue weighted by Crippen LogP contribution is 2.21. The number of nitrogens with one attached hydrogen (secondary N) is 1. The molecule has 9 nitrogen and oxygen atoms in total. The molecular weight excluding hydrogens is 466 g/mol. The second-order valence-electron chi connectivity index (χ2n) is 7.16. The maximum Gasteiger partial charge on any atom is 0.276 e. The monoisotopic (exact) mass is 485 g/mol. The summed E-state index contributed by atoms with van der Waals surface area (Å²) in [7, 11) is 0. The van der Waals surface area contributed by atoms with E-state index in [0.717, 1.165) is 11.8 Å². The average molecular weight is 486 g/mol. The molecule has 4 rings (SSSR count). The van der Waals surface area contributed by atoms with Crippen LogP contribution in [-0.2, 0) is 4.79 Å². The van der Waals surface area contributed by atoms with Crippen LogP contribution in [-0.4, -0.2) is 32.3 Å². The van der Waals surface area contributed by atoms with Crippen LogP contribution in [0.5, 0.6) is 0 Å². The number of amides is 1. The Hall–Kier alpha value is -4.57. The van der Waals surface area contributed by atoms with Crippen LogP contribution in [0.2, 0.25) is 0 Å². The van der Waals surface area contributed by atoms with Crippen LogP contribution in [0.15, 0.2) is 100.0 Å². The Balaban J connectivity index is 1.46. The summed E-state index contributed by atoms with van der Waals surface area (Å²) in [5.74, 6) is -0.421. The van der Waals surface area contributed by atoms with E-state index in [1.807, 2.05) is 18.2 Å². The number of nitro benzene ring substituents is 1. The van der Waals surface area contributed by atoms with Crippen LogP contribution in [0.3, 0.4) is 0 Å². The second-order valence-corrected chi connectivity index (χ2v) is 8.11. The first kappa shape index (κ1) is 23.6. The SMILES string of the molecule is O=C(CSc1nc2ccccc2c(=O)n1-c1ccccc1)N/N=C/C=C/c1ccccc1[N+](=O)[O-]. The van der Waals surface area contributed by atoms with Crippen molar-refractivity contribution in [2.24, 2.45) is 5.10 Å². The molecule has 0 fully saturated rings. The van der Waals surface area contributed by atoms with Crippen molar-refractivity contribution in [3.8, 4) is 5.69 Å². The van der Waals surface area contributed by atoms with Crippen LogP contribution in [0.25, 0.3) is 22.7 Å². The van der Waals surface area contributed by atoms with Gasteiger partial charge in [0.15, 0.2) is 5.16 Å². The Labute approximate surface area is 204 Å². The molecule has 35 heavy (non-hydrogen) atoms. The van der Waals surface area contributed by atoms with Crippen molar-refractivity contribution in [1.29, 1.82) is 0 Å². The number of carbonyl (C=O) groups excluding carboxylic acids is 1. The van der Waals surface area contributed by atoms with E-state index in [1.54, 1.807) is 54.6 Å². The Morgan fingerprint density at radius 2 is 1.77 bits per heavy atom. The Morgan fingerprint density at radius 3 is 2.57 bits per heavy atom. The summed E-state index contributed by atoms with van der Waals surface area (Å²) in [5, 5.41) is 15.8. The summed E-state index contributed by atoms with van der Waals surface area (Å²) in [6.07, 6.45) is 4.35. The molecule has 1 amide bonds. The Morgan fingerprint density at radius 1 is 1.06 bits per heavy atom. The normalized spacial score (nSPS) is 11.3. The first-order valence-corrected chi connectivity index (χ1v) is 11.4. The molecule has 4 aromatic rings. The Bertz CT molecular complexity index is 1500. The summed E-state index contributed by atoms with van der Waals surface area (Å²) < 4.78 is 1.49. The molecule has 10 heteroatoms. The van der Waals surface area contributed by atoms with E-state index in [9.17, 15) is 19.7 Å². The van der Waals surface area contributed by atoms with Crippen molar-refractivity contribution in [2.75, 3.05) is 5.75 Å². The van der Waals surface area contributed by atoms with E-state index in [2.05, 4.69) is 15.5 Å². The summed E-state index contributed by atoms with van der Waals surface area (Å²) in [6.45, 7) is 0. The maximum atomic E-state index is 13.2. The lowest BCUT2D eigenvalue weighted by Gasteiger charge is -2.12. The molecule has 0 saturated carbocycles. The van der Waals surface area contributed by atoms with Crippen LogP contribution in [0, 0.1) is 10.1 Å². The van der Waals surface area contributed by atoms with Crippen molar-refractivity contribution in [3.63, 3.8) is 0 Å². The molecule has 0 aliphatic rings. The molecule has 0 aliphatic heterocycles. The maximum absolute atomic E-state index is 13.2. The van der Waals surface area contributed by atoms with E-state index in [4.69, 9.17) is 0 Å². The molecule has 0 bridgehead atoms. The van der Waals surface area contributed by atoms with Crippen LogP contribution >= 0.6 is 11.8 Å². The number of hydrazone groups is 1. The summed E-state index contributed by atoms with van der Waals surface area (Å²) in [4.78, 5) is 40.6. The average Bonchev–Trinajstić information content (AvgIpc) is 2.88. The molecule has 0 spiro atoms. The number of thioether (sulfide) groups is 1. The molecular formula is C25H19N5O4S. The molecule has 0 radical (unpaired) electrons. The van der Waals surface area contributed by atoms with Gasteiger partial charge in [-0.15, -0.1) is 0 Å². The minimum Gasteiger partial charge on any atom is -0.272 e. The summed E-state index contributed by atoms with van der Waals surface area (Å²) >= 11 is 1.12. The van der Waals surface area contributed by atoms with Crippen molar-refractivity contribution in [1.82, 2.24) is 15.0 Å². The number of benzene rings is 3. The van der Waals surface area contributed by atoms with Gasteiger partial charge < -0.3 is 0 Å². The number of aromatic nitrogens is 2. The smallest absolute Gasteiger partial charge is 0.272 e. The van der Waals surface area contributed by atoms with Gasteiger partial charge in [0.2, 0.25) is 0 Å². The molecule has 174 valence electrons. The minimum atomic E-state index is -0.467. The molecule has 0 atom stereocenters. The fraction of sp³-hybridized carbons (Fsp3) is 0.0400. The molecule has 1 aromatic heterocycles. The van der Waals surface area contributed by atoms with Crippen LogP contribution in [0.1, 0.15) is 5.56 Å². The zero-order valence-electron chi connectivity index (χ0n) is 18.3. The highest BCUT2D eigenvalue weighted by molar-refractivity contribution is 7.99. The lowest BCUT2D eigenvalue weighted by atomic mass is 10.2. The van der Waals surface area contributed by atoms with Crippen molar-refractivity contribution in [3.05, 3.63) is 111 Å². The van der Waals surface area contributed by atoms with E-state index in [1.165, 1.54) is 29.0 Å². The number of nitrogens with zero attached hydrogens (tertiary/aromatic N) is 4. The van der Waals surface area contributed by atoms with Gasteiger partial charge in [-0.1, -0.05) is 54.2 Å². The number of allylic oxidation sites excluding steroid dienone is 1. The number of rotatable bonds is 8. The predicted molar refractivity (Wildman–Crippen MR) is 137 cm³/mol. The van der Waals surface area contributed by atoms with E-state index >= 15 is 0 Å². The largest absolute Gasteiger partial charge is 0.276 e. The molecule has 0 saturated heterocycles. The van der Waals surface area contributed by atoms with Gasteiger partial charge in [0.25, 0.3) is 17.2 Å². The third-order valence-corrected chi connectivity index (χ3v) is 5.79. The zero-order valence-corrected chi connectivity index (χ0v) is 19.1. The van der Waals surface area contributed by atoms with E-state index in [-0.39, 0.29) is 17.0 Å². The van der Waals surface area contributed by atoms with Gasteiger partial charge in [-0.05, 0) is 42.5 Å². The first-order chi connectivity index (χ1) is 17.0. The number of fused-ring (bicyclic) bond motifs is 1. The second kappa shape index (κ2) is 11.0. The molecule has 1 N–H and O–H groups in total. The molecule has 1 heterocycles. The van der Waals surface area contributed by atoms with Gasteiger partial charge in [0.1, 0.15) is 0 Å². The summed E-state index contributed by atoms with van der Waals surface area (Å²) in [6, 6.07) is 22.5. The lowest BCUT2D eigenvalue weighted by molar-refractivity contribution is -0.385. The van der Waals surface area contributed by atoms with Gasteiger partial charge in [0.05, 0.1) is 32.8 Å². The number of hydrogen-bond donors (Lipinski definition) is 1. The number of carbonyl (C=O) groups is 1. The van der Waals surface area contributed by atoms with E-state index in [0.29, 0.717) is 27.3 Å². The van der Waals surface area contributed by atoms with E-state index < -0.39 is 10.8 Å². The van der Waals surface area contributed by atoms with Gasteiger partial charge in [-0.3, -0.25) is 24.3 Å². The van der Waals surface area contributed by atoms with Crippen LogP contribution < -0.4 is 11.0 Å². The third kappa shape index (κ3) is 5.68. The van der Waals surface area contributed by atoms with Crippen molar-refractivity contribution in [2.45, 2.75) is 5.16 Å². The number of nitro groups is 1. The van der Waals surface area contributed by atoms with Crippen molar-refractivity contribution < 1.29 is 9.72 Å². The molecule has 3 aromatic carbocycles. The van der Waals surface area contributed by atoms with Gasteiger partial charge >= 0.3 is 0 Å². The number of para-hydroxylation sites is 3. The standard InChI is InChI=1S/C25H19N5O4S/c31-23(28-26-16-8-10-18-9-4-7-15-22(18)30(33)34)17-35-25-27-21-14-6-5-13-20(21)24(32)29(25)19-11-2-1-3-12-19/h1-16H,17H2,(H,28,31)/b10-8+,26-16+. The zero-order chi connectivity index (χ0) is 24.6. The number of hydrogen-bond acceptors (Lipinski definition) is 7. The van der Waals surface area contributed by atoms with Gasteiger partial charge in [-0.2, -0.15) is 5.10 Å². The van der Waals surface area contributed by atoms with Crippen LogP contribution in [0.4, 0.5) is 5.69 Å². The summed E-state index contributed by atoms with van der Waals surface area (Å²) in [5.41, 5.74) is 3.77. The third-order valence-electron chi connectivity index (χ3n) is 4.85. The fourth-order valence-corrected chi connectivity index (χ4v) is 4.08. The quantitative estimate of drug-likeness (QED) is 0.131. The highest BCUT2D eigenvalue weighted by atomic mass is 32.2. The topological polar surface area (TPSA) is 119 Å². The molecule has 0 unspecified atom stereocenters. The predicted octanol–water partition coefficient (Wildman–Crippen LogP) is 4.20. The molecule has 0 aliphatic carbocycles. The highest BCUT2D eigenvalue weighted by Gasteiger charge is 2.14. The van der Waals surface area contributed by atoms with Crippen molar-refractivity contribution >= 4 is 46.5 Å². The fourth-order valence-electron chi connectivity index (χ4n) is 3.27. The minimum absolute atomic E-state index is 0.0232. The lowest BCUT2D eigenvalue weighted by Crippen LogP contribution is -2.24.